The van der Waals surface area contributed by atoms with Crippen LogP contribution >= 0.6 is 0 Å². The zero-order valence-electron chi connectivity index (χ0n) is 17.2. The van der Waals surface area contributed by atoms with Crippen molar-refractivity contribution in [3.05, 3.63) is 101 Å². The summed E-state index contributed by atoms with van der Waals surface area (Å²) in [5, 5.41) is 0. The van der Waals surface area contributed by atoms with Crippen LogP contribution in [0.15, 0.2) is 72.8 Å². The van der Waals surface area contributed by atoms with E-state index in [0.717, 1.165) is 38.0 Å². The molecule has 0 saturated carbocycles. The lowest BCUT2D eigenvalue weighted by Crippen LogP contribution is -2.48. The average Bonchev–Trinajstić information content (AvgIpc) is 2.76. The van der Waals surface area contributed by atoms with Crippen molar-refractivity contribution >= 4 is 12.0 Å². The summed E-state index contributed by atoms with van der Waals surface area (Å²) in [6, 6.07) is 25.9. The molecule has 0 atom stereocenters. The summed E-state index contributed by atoms with van der Waals surface area (Å²) < 4.78 is 0. The molecular weight excluding hydrogens is 356 g/mol. The number of hydrogen-bond acceptors (Lipinski definition) is 3. The lowest BCUT2D eigenvalue weighted by atomic mass is 9.96. The number of aryl methyl sites for hydroxylation is 2. The van der Waals surface area contributed by atoms with Gasteiger partial charge in [-0.15, -0.1) is 0 Å². The molecular formula is C26H28N2O. The fourth-order valence-electron chi connectivity index (χ4n) is 4.64. The largest absolute Gasteiger partial charge is 0.369 e. The first-order valence-corrected chi connectivity index (χ1v) is 10.3. The van der Waals surface area contributed by atoms with Crippen molar-refractivity contribution in [2.75, 3.05) is 31.1 Å². The van der Waals surface area contributed by atoms with E-state index in [2.05, 4.69) is 84.3 Å². The van der Waals surface area contributed by atoms with Gasteiger partial charge >= 0.3 is 0 Å². The predicted molar refractivity (Wildman–Crippen MR) is 120 cm³/mol. The van der Waals surface area contributed by atoms with Gasteiger partial charge in [0.25, 0.3) is 0 Å². The van der Waals surface area contributed by atoms with Gasteiger partial charge in [-0.3, -0.25) is 9.69 Å². The van der Waals surface area contributed by atoms with Gasteiger partial charge in [-0.25, -0.2) is 0 Å². The number of carbonyl (C=O) groups is 1. The van der Waals surface area contributed by atoms with E-state index in [1.807, 2.05) is 12.1 Å². The quantitative estimate of drug-likeness (QED) is 0.577. The molecule has 0 aromatic heterocycles. The minimum atomic E-state index is 0.277. The summed E-state index contributed by atoms with van der Waals surface area (Å²) >= 11 is 0. The van der Waals surface area contributed by atoms with Gasteiger partial charge in [0.2, 0.25) is 0 Å². The molecule has 3 aromatic carbocycles. The topological polar surface area (TPSA) is 23.6 Å². The third-order valence-electron chi connectivity index (χ3n) is 5.88. The fraction of sp³-hybridized carbons (Fsp3) is 0.269. The van der Waals surface area contributed by atoms with Crippen LogP contribution in [0.2, 0.25) is 0 Å². The van der Waals surface area contributed by atoms with E-state index in [-0.39, 0.29) is 6.04 Å². The Bertz CT molecular complexity index is 898. The lowest BCUT2D eigenvalue weighted by molar-refractivity contribution is 0.112. The second-order valence-electron chi connectivity index (χ2n) is 7.87. The van der Waals surface area contributed by atoms with E-state index >= 15 is 0 Å². The molecule has 1 aliphatic heterocycles. The minimum absolute atomic E-state index is 0.277. The molecule has 0 spiro atoms. The van der Waals surface area contributed by atoms with Gasteiger partial charge in [0.1, 0.15) is 6.29 Å². The van der Waals surface area contributed by atoms with Crippen LogP contribution in [-0.2, 0) is 0 Å². The van der Waals surface area contributed by atoms with E-state index in [1.165, 1.54) is 27.9 Å². The molecule has 148 valence electrons. The van der Waals surface area contributed by atoms with Crippen LogP contribution in [0.25, 0.3) is 0 Å². The number of aldehydes is 1. The Kier molecular flexibility index (Phi) is 5.77. The fourth-order valence-corrected chi connectivity index (χ4v) is 4.64. The van der Waals surface area contributed by atoms with Gasteiger partial charge in [0.05, 0.1) is 6.04 Å². The molecule has 4 rings (SSSR count). The van der Waals surface area contributed by atoms with E-state index in [9.17, 15) is 4.79 Å². The molecule has 3 aromatic rings. The monoisotopic (exact) mass is 384 g/mol. The molecule has 3 heteroatoms. The molecule has 3 nitrogen and oxygen atoms in total. The van der Waals surface area contributed by atoms with Crippen LogP contribution in [0, 0.1) is 13.8 Å². The van der Waals surface area contributed by atoms with Crippen LogP contribution in [-0.4, -0.2) is 37.4 Å². The van der Waals surface area contributed by atoms with Gasteiger partial charge in [-0.1, -0.05) is 60.7 Å². The number of benzene rings is 3. The maximum Gasteiger partial charge on any atom is 0.150 e. The molecule has 0 unspecified atom stereocenters. The SMILES string of the molecule is Cc1cc(C=O)cc(C)c1N1CCN(C(c2ccccc2)c2ccccc2)CC1. The van der Waals surface area contributed by atoms with E-state index in [0.29, 0.717) is 0 Å². The van der Waals surface area contributed by atoms with E-state index in [1.54, 1.807) is 0 Å². The van der Waals surface area contributed by atoms with Crippen LogP contribution in [0.4, 0.5) is 5.69 Å². The highest BCUT2D eigenvalue weighted by Crippen LogP contribution is 2.32. The zero-order valence-corrected chi connectivity index (χ0v) is 17.2. The Morgan fingerprint density at radius 2 is 1.24 bits per heavy atom. The van der Waals surface area contributed by atoms with E-state index < -0.39 is 0 Å². The number of hydrogen-bond donors (Lipinski definition) is 0. The normalized spacial score (nSPS) is 14.9. The molecule has 0 bridgehead atoms. The minimum Gasteiger partial charge on any atom is -0.369 e. The third kappa shape index (κ3) is 4.10. The molecule has 0 aliphatic carbocycles. The van der Waals surface area contributed by atoms with Crippen LogP contribution < -0.4 is 4.90 Å². The van der Waals surface area contributed by atoms with Gasteiger partial charge in [-0.05, 0) is 48.2 Å². The van der Waals surface area contributed by atoms with Crippen molar-refractivity contribution in [3.8, 4) is 0 Å². The molecule has 1 fully saturated rings. The first-order chi connectivity index (χ1) is 14.2. The highest BCUT2D eigenvalue weighted by molar-refractivity contribution is 5.78. The Morgan fingerprint density at radius 3 is 1.69 bits per heavy atom. The van der Waals surface area contributed by atoms with Crippen molar-refractivity contribution < 1.29 is 4.79 Å². The summed E-state index contributed by atoms with van der Waals surface area (Å²) in [5.74, 6) is 0. The van der Waals surface area contributed by atoms with Gasteiger partial charge in [-0.2, -0.15) is 0 Å². The summed E-state index contributed by atoms with van der Waals surface area (Å²) in [5.41, 5.74) is 7.10. The molecule has 0 amide bonds. The van der Waals surface area contributed by atoms with Crippen molar-refractivity contribution in [2.45, 2.75) is 19.9 Å². The second kappa shape index (κ2) is 8.62. The Hall–Kier alpha value is -2.91. The van der Waals surface area contributed by atoms with Crippen molar-refractivity contribution in [1.29, 1.82) is 0 Å². The van der Waals surface area contributed by atoms with Crippen LogP contribution in [0.5, 0.6) is 0 Å². The molecule has 0 radical (unpaired) electrons. The summed E-state index contributed by atoms with van der Waals surface area (Å²) in [4.78, 5) is 16.2. The zero-order chi connectivity index (χ0) is 20.2. The Morgan fingerprint density at radius 1 is 0.759 bits per heavy atom. The standard InChI is InChI=1S/C26H28N2O/c1-20-17-22(19-29)18-21(2)25(20)27-13-15-28(16-14-27)26(23-9-5-3-6-10-23)24-11-7-4-8-12-24/h3-12,17-19,26H,13-16H2,1-2H3. The molecule has 1 aliphatic rings. The molecule has 0 N–H and O–H groups in total. The van der Waals surface area contributed by atoms with E-state index in [4.69, 9.17) is 0 Å². The van der Waals surface area contributed by atoms with Crippen molar-refractivity contribution in [2.24, 2.45) is 0 Å². The van der Waals surface area contributed by atoms with Gasteiger partial charge < -0.3 is 4.90 Å². The maximum absolute atomic E-state index is 11.2. The summed E-state index contributed by atoms with van der Waals surface area (Å²) in [7, 11) is 0. The molecule has 29 heavy (non-hydrogen) atoms. The Labute approximate surface area is 173 Å². The first kappa shape index (κ1) is 19.4. The number of piperazine rings is 1. The van der Waals surface area contributed by atoms with Gasteiger partial charge in [0, 0.05) is 37.4 Å². The number of nitrogens with zero attached hydrogens (tertiary/aromatic N) is 2. The summed E-state index contributed by atoms with van der Waals surface area (Å²) in [6.45, 7) is 8.19. The van der Waals surface area contributed by atoms with Crippen LogP contribution in [0.1, 0.15) is 38.7 Å². The average molecular weight is 385 g/mol. The lowest BCUT2D eigenvalue weighted by Gasteiger charge is -2.41. The number of carbonyl (C=O) groups excluding carboxylic acids is 1. The smallest absolute Gasteiger partial charge is 0.150 e. The Balaban J connectivity index is 1.57. The third-order valence-corrected chi connectivity index (χ3v) is 5.88. The number of anilines is 1. The maximum atomic E-state index is 11.2. The highest BCUT2D eigenvalue weighted by atomic mass is 16.1. The van der Waals surface area contributed by atoms with Crippen molar-refractivity contribution in [3.63, 3.8) is 0 Å². The number of rotatable bonds is 5. The second-order valence-corrected chi connectivity index (χ2v) is 7.87. The first-order valence-electron chi connectivity index (χ1n) is 10.3. The van der Waals surface area contributed by atoms with Crippen LogP contribution in [0.3, 0.4) is 0 Å². The predicted octanol–water partition coefficient (Wildman–Crippen LogP) is 5.03. The van der Waals surface area contributed by atoms with Crippen molar-refractivity contribution in [1.82, 2.24) is 4.90 Å². The highest BCUT2D eigenvalue weighted by Gasteiger charge is 2.27. The summed E-state index contributed by atoms with van der Waals surface area (Å²) in [6.07, 6.45) is 0.937. The molecule has 1 heterocycles. The van der Waals surface area contributed by atoms with Gasteiger partial charge in [0.15, 0.2) is 0 Å². The molecule has 1 saturated heterocycles.